The fraction of sp³-hybridized carbons (Fsp3) is 0.0909. The van der Waals surface area contributed by atoms with Crippen LogP contribution >= 0.6 is 7.60 Å². The zero-order valence-corrected chi connectivity index (χ0v) is 15.4. The van der Waals surface area contributed by atoms with Gasteiger partial charge in [0.15, 0.2) is 0 Å². The van der Waals surface area contributed by atoms with Crippen molar-refractivity contribution in [2.75, 3.05) is 6.29 Å². The second-order valence-electron chi connectivity index (χ2n) is 3.91. The molecule has 0 spiro atoms. The molecule has 22 heavy (non-hydrogen) atoms. The summed E-state index contributed by atoms with van der Waals surface area (Å²) < 4.78 is 42.4. The van der Waals surface area contributed by atoms with E-state index in [1.54, 1.807) is 0 Å². The molecule has 1 unspecified atom stereocenters. The summed E-state index contributed by atoms with van der Waals surface area (Å²) in [6, 6.07) is 5.72. The molecule has 8 nitrogen and oxygen atoms in total. The van der Waals surface area contributed by atoms with Crippen LogP contribution in [0.4, 0.5) is 0 Å². The summed E-state index contributed by atoms with van der Waals surface area (Å²) in [4.78, 5) is 16.9. The number of pyridine rings is 2. The van der Waals surface area contributed by atoms with Gasteiger partial charge in [-0.25, -0.2) is 13.0 Å². The van der Waals surface area contributed by atoms with E-state index in [9.17, 15) is 17.9 Å². The number of hydrogen-bond acceptors (Lipinski definition) is 6. The van der Waals surface area contributed by atoms with Crippen molar-refractivity contribution < 1.29 is 53.4 Å². The van der Waals surface area contributed by atoms with Crippen molar-refractivity contribution in [2.24, 2.45) is 0 Å². The van der Waals surface area contributed by atoms with E-state index in [0.29, 0.717) is 0 Å². The summed E-state index contributed by atoms with van der Waals surface area (Å²) in [5.41, 5.74) is 0. The fourth-order valence-corrected chi connectivity index (χ4v) is 3.81. The molecule has 0 saturated heterocycles. The van der Waals surface area contributed by atoms with Crippen LogP contribution in [-0.2, 0) is 14.6 Å². The van der Waals surface area contributed by atoms with Crippen molar-refractivity contribution in [3.05, 3.63) is 49.1 Å². The first-order valence-electron chi connectivity index (χ1n) is 5.70. The normalized spacial score (nSPS) is 13.7. The first kappa shape index (κ1) is 19.2. The minimum absolute atomic E-state index is 0. The van der Waals surface area contributed by atoms with E-state index in [0.717, 1.165) is 6.20 Å². The van der Waals surface area contributed by atoms with E-state index in [1.807, 2.05) is 4.72 Å². The molecule has 2 aromatic heterocycles. The Labute approximate surface area is 151 Å². The topological polar surface area (TPSA) is 118 Å². The molecule has 2 heterocycles. The molecule has 0 aliphatic heterocycles. The maximum atomic E-state index is 11.9. The van der Waals surface area contributed by atoms with Gasteiger partial charge in [0, 0.05) is 18.6 Å². The molecule has 0 aromatic carbocycles. The van der Waals surface area contributed by atoms with Crippen LogP contribution in [0.15, 0.2) is 53.9 Å². The Morgan fingerprint density at radius 3 is 2.41 bits per heavy atom. The van der Waals surface area contributed by atoms with Gasteiger partial charge >= 0.3 is 37.2 Å². The van der Waals surface area contributed by atoms with Crippen LogP contribution in [-0.4, -0.2) is 29.6 Å². The molecule has 2 rings (SSSR count). The van der Waals surface area contributed by atoms with Crippen LogP contribution in [0.1, 0.15) is 1.43 Å². The Morgan fingerprint density at radius 1 is 1.23 bits per heavy atom. The first-order valence-corrected chi connectivity index (χ1v) is 8.95. The van der Waals surface area contributed by atoms with Gasteiger partial charge in [-0.05, 0) is 24.3 Å². The molecule has 2 N–H and O–H groups in total. The quantitative estimate of drug-likeness (QED) is 0.460. The molecule has 1 atom stereocenters. The van der Waals surface area contributed by atoms with Crippen LogP contribution < -0.4 is 38.8 Å². The third kappa shape index (κ3) is 5.77. The van der Waals surface area contributed by atoms with E-state index in [1.165, 1.54) is 42.9 Å². The molecule has 11 heteroatoms. The molecule has 0 fully saturated rings. The minimum atomic E-state index is -4.18. The minimum Gasteiger partial charge on any atom is -1.00 e. The molecule has 0 aliphatic rings. The first-order chi connectivity index (χ1) is 9.89. The van der Waals surface area contributed by atoms with Gasteiger partial charge < -0.3 is 10.8 Å². The number of hydrogen-bond donors (Lipinski definition) is 2. The standard InChI is InChI=1S/C11H12N3O5PS.Na.H/c15-20(16,19-10-3-1-5-12-7-10)9-14-21(17,18)11-4-2-6-13-8-11;;/h1-8,14H,9H2,(H,15,16);;/q;+1;-1. The maximum absolute atomic E-state index is 11.9. The number of nitrogens with zero attached hydrogens (tertiary/aromatic N) is 2. The van der Waals surface area contributed by atoms with Gasteiger partial charge in [0.2, 0.25) is 10.0 Å². The summed E-state index contributed by atoms with van der Waals surface area (Å²) in [6.07, 6.45) is 4.51. The number of rotatable bonds is 6. The molecule has 2 aromatic rings. The summed E-state index contributed by atoms with van der Waals surface area (Å²) in [6.45, 7) is 0. The van der Waals surface area contributed by atoms with Gasteiger partial charge in [0.1, 0.15) is 16.9 Å². The summed E-state index contributed by atoms with van der Waals surface area (Å²) in [7, 11) is -8.11. The average molecular weight is 353 g/mol. The van der Waals surface area contributed by atoms with Crippen LogP contribution in [0.3, 0.4) is 0 Å². The number of nitrogens with one attached hydrogen (secondary N) is 1. The second-order valence-corrected chi connectivity index (χ2v) is 7.45. The van der Waals surface area contributed by atoms with Crippen molar-refractivity contribution in [3.8, 4) is 5.75 Å². The van der Waals surface area contributed by atoms with Gasteiger partial charge in [-0.2, -0.15) is 4.72 Å². The second kappa shape index (κ2) is 8.16. The summed E-state index contributed by atoms with van der Waals surface area (Å²) >= 11 is 0. The average Bonchev–Trinajstić information content (AvgIpc) is 2.47. The Hall–Kier alpha value is -0.800. The van der Waals surface area contributed by atoms with Crippen LogP contribution in [0, 0.1) is 0 Å². The Morgan fingerprint density at radius 2 is 1.86 bits per heavy atom. The van der Waals surface area contributed by atoms with Gasteiger partial charge in [-0.3, -0.25) is 9.97 Å². The monoisotopic (exact) mass is 353 g/mol. The zero-order chi connectivity index (χ0) is 15.3. The fourth-order valence-electron chi connectivity index (χ4n) is 1.35. The predicted octanol–water partition coefficient (Wildman–Crippen LogP) is -1.91. The summed E-state index contributed by atoms with van der Waals surface area (Å²) in [5.74, 6) is 0.0731. The molecular formula is C11H13N3NaO5PS. The van der Waals surface area contributed by atoms with Crippen molar-refractivity contribution >= 4 is 17.6 Å². The van der Waals surface area contributed by atoms with Crippen molar-refractivity contribution in [1.82, 2.24) is 14.7 Å². The van der Waals surface area contributed by atoms with E-state index in [4.69, 9.17) is 4.52 Å². The van der Waals surface area contributed by atoms with Crippen LogP contribution in [0.5, 0.6) is 5.75 Å². The van der Waals surface area contributed by atoms with Crippen molar-refractivity contribution in [1.29, 1.82) is 0 Å². The zero-order valence-electron chi connectivity index (χ0n) is 12.7. The number of sulfonamides is 1. The SMILES string of the molecule is O=P(O)(CNS(=O)(=O)c1cccnc1)Oc1cccnc1.[H-].[Na+]. The largest absolute Gasteiger partial charge is 1.00 e. The van der Waals surface area contributed by atoms with E-state index in [-0.39, 0.29) is 41.6 Å². The van der Waals surface area contributed by atoms with Gasteiger partial charge in [0.05, 0.1) is 6.20 Å². The molecule has 0 radical (unpaired) electrons. The third-order valence-electron chi connectivity index (χ3n) is 2.28. The molecule has 114 valence electrons. The Balaban J connectivity index is 0.00000242. The summed E-state index contributed by atoms with van der Waals surface area (Å²) in [5, 5.41) is 0. The van der Waals surface area contributed by atoms with Crippen molar-refractivity contribution in [2.45, 2.75) is 4.90 Å². The van der Waals surface area contributed by atoms with Crippen molar-refractivity contribution in [3.63, 3.8) is 0 Å². The van der Waals surface area contributed by atoms with Crippen LogP contribution in [0.25, 0.3) is 0 Å². The molecule has 0 aliphatic carbocycles. The van der Waals surface area contributed by atoms with E-state index < -0.39 is 23.9 Å². The Bertz CT molecular complexity index is 751. The van der Waals surface area contributed by atoms with Gasteiger partial charge in [-0.1, -0.05) is 0 Å². The molecule has 0 amide bonds. The molecule has 0 bridgehead atoms. The Kier molecular flexibility index (Phi) is 7.14. The maximum Gasteiger partial charge on any atom is 1.00 e. The van der Waals surface area contributed by atoms with Gasteiger partial charge in [-0.15, -0.1) is 0 Å². The predicted molar refractivity (Wildman–Crippen MR) is 75.2 cm³/mol. The van der Waals surface area contributed by atoms with Crippen LogP contribution in [0.2, 0.25) is 0 Å². The number of aromatic nitrogens is 2. The smallest absolute Gasteiger partial charge is 1.00 e. The van der Waals surface area contributed by atoms with E-state index in [2.05, 4.69) is 9.97 Å². The van der Waals surface area contributed by atoms with E-state index >= 15 is 0 Å². The molecular weight excluding hydrogens is 340 g/mol. The third-order valence-corrected chi connectivity index (χ3v) is 4.94. The molecule has 0 saturated carbocycles. The van der Waals surface area contributed by atoms with Gasteiger partial charge in [0.25, 0.3) is 0 Å².